The summed E-state index contributed by atoms with van der Waals surface area (Å²) in [5.41, 5.74) is -0.341. The predicted molar refractivity (Wildman–Crippen MR) is 69.0 cm³/mol. The molecule has 0 fully saturated rings. The predicted octanol–water partition coefficient (Wildman–Crippen LogP) is 2.54. The molecule has 0 unspecified atom stereocenters. The monoisotopic (exact) mass is 233 g/mol. The molecular weight excluding hydrogens is 214 g/mol. The van der Waals surface area contributed by atoms with Gasteiger partial charge < -0.3 is 10.1 Å². The molecule has 0 heterocycles. The van der Waals surface area contributed by atoms with E-state index in [2.05, 4.69) is 5.32 Å². The van der Waals surface area contributed by atoms with Gasteiger partial charge in [0.05, 0.1) is 5.54 Å². The number of amides is 1. The molecule has 1 rings (SSSR count). The van der Waals surface area contributed by atoms with Gasteiger partial charge in [0.25, 0.3) is 5.91 Å². The van der Waals surface area contributed by atoms with E-state index in [9.17, 15) is 4.79 Å². The number of hydrogen-bond donors (Lipinski definition) is 1. The smallest absolute Gasteiger partial charge is 0.258 e. The molecule has 0 spiro atoms. The van der Waals surface area contributed by atoms with E-state index in [0.717, 1.165) is 0 Å². The third kappa shape index (κ3) is 5.20. The number of nitrogens with one attached hydrogen (secondary N) is 1. The van der Waals surface area contributed by atoms with Gasteiger partial charge in [0.2, 0.25) is 0 Å². The zero-order valence-corrected chi connectivity index (χ0v) is 10.6. The topological polar surface area (TPSA) is 38.3 Å². The van der Waals surface area contributed by atoms with E-state index in [-0.39, 0.29) is 18.1 Å². The number of rotatable bonds is 5. The van der Waals surface area contributed by atoms with Gasteiger partial charge in [0.1, 0.15) is 5.75 Å². The fourth-order valence-electron chi connectivity index (χ4n) is 1.52. The Bertz CT molecular complexity index is 382. The summed E-state index contributed by atoms with van der Waals surface area (Å²) in [5, 5.41) is 2.88. The molecule has 0 aromatic heterocycles. The number of allylic oxidation sites excluding steroid dienone is 1. The first-order valence-corrected chi connectivity index (χ1v) is 5.66. The van der Waals surface area contributed by atoms with E-state index in [1.54, 1.807) is 0 Å². The van der Waals surface area contributed by atoms with Gasteiger partial charge in [-0.3, -0.25) is 4.79 Å². The molecule has 0 atom stereocenters. The highest BCUT2D eigenvalue weighted by molar-refractivity contribution is 5.78. The van der Waals surface area contributed by atoms with Crippen LogP contribution in [0.4, 0.5) is 0 Å². The fraction of sp³-hybridized carbons (Fsp3) is 0.357. The average Bonchev–Trinajstić information content (AvgIpc) is 2.27. The lowest BCUT2D eigenvalue weighted by atomic mass is 10.1. The Kier molecular flexibility index (Phi) is 4.76. The Labute approximate surface area is 102 Å². The number of carbonyl (C=O) groups excluding carboxylic acids is 1. The van der Waals surface area contributed by atoms with Gasteiger partial charge in [-0.15, -0.1) is 0 Å². The van der Waals surface area contributed by atoms with E-state index in [1.807, 2.05) is 63.3 Å². The lowest BCUT2D eigenvalue weighted by molar-refractivity contribution is -0.124. The third-order valence-electron chi connectivity index (χ3n) is 2.16. The molecule has 0 aliphatic heterocycles. The van der Waals surface area contributed by atoms with Crippen molar-refractivity contribution in [3.63, 3.8) is 0 Å². The summed E-state index contributed by atoms with van der Waals surface area (Å²) in [5.74, 6) is 0.573. The molecule has 0 saturated carbocycles. The molecule has 17 heavy (non-hydrogen) atoms. The lowest BCUT2D eigenvalue weighted by Crippen LogP contribution is -2.44. The van der Waals surface area contributed by atoms with Crippen molar-refractivity contribution in [2.75, 3.05) is 6.61 Å². The maximum absolute atomic E-state index is 11.6. The molecule has 1 amide bonds. The van der Waals surface area contributed by atoms with Crippen LogP contribution < -0.4 is 10.1 Å². The Morgan fingerprint density at radius 2 is 2.00 bits per heavy atom. The summed E-state index contributed by atoms with van der Waals surface area (Å²) in [6, 6.07) is 9.30. The summed E-state index contributed by atoms with van der Waals surface area (Å²) in [6.07, 6.45) is 3.85. The van der Waals surface area contributed by atoms with Crippen molar-refractivity contribution in [3.8, 4) is 5.75 Å². The lowest BCUT2D eigenvalue weighted by Gasteiger charge is -2.22. The minimum absolute atomic E-state index is 0.0327. The van der Waals surface area contributed by atoms with Gasteiger partial charge >= 0.3 is 0 Å². The summed E-state index contributed by atoms with van der Waals surface area (Å²) in [6.45, 7) is 5.83. The van der Waals surface area contributed by atoms with Crippen molar-refractivity contribution in [1.29, 1.82) is 0 Å². The molecule has 0 radical (unpaired) electrons. The molecule has 1 aromatic carbocycles. The van der Waals surface area contributed by atoms with Crippen molar-refractivity contribution < 1.29 is 9.53 Å². The van der Waals surface area contributed by atoms with Crippen LogP contribution in [-0.4, -0.2) is 18.1 Å². The van der Waals surface area contributed by atoms with Crippen LogP contribution in [0.3, 0.4) is 0 Å². The van der Waals surface area contributed by atoms with Crippen molar-refractivity contribution in [2.24, 2.45) is 0 Å². The second-order valence-corrected chi connectivity index (χ2v) is 4.37. The van der Waals surface area contributed by atoms with Crippen molar-refractivity contribution in [3.05, 3.63) is 42.5 Å². The quantitative estimate of drug-likeness (QED) is 0.794. The molecule has 0 saturated heterocycles. The van der Waals surface area contributed by atoms with Crippen molar-refractivity contribution in [2.45, 2.75) is 26.3 Å². The van der Waals surface area contributed by atoms with Gasteiger partial charge in [0.15, 0.2) is 6.61 Å². The van der Waals surface area contributed by atoms with Crippen LogP contribution in [0.25, 0.3) is 0 Å². The van der Waals surface area contributed by atoms with Gasteiger partial charge in [-0.25, -0.2) is 0 Å². The summed E-state index contributed by atoms with van der Waals surface area (Å²) < 4.78 is 5.36. The maximum atomic E-state index is 11.6. The number of benzene rings is 1. The molecule has 0 bridgehead atoms. The highest BCUT2D eigenvalue weighted by Crippen LogP contribution is 2.08. The second kappa shape index (κ2) is 6.09. The van der Waals surface area contributed by atoms with Gasteiger partial charge in [-0.05, 0) is 32.9 Å². The van der Waals surface area contributed by atoms with Gasteiger partial charge in [-0.2, -0.15) is 0 Å². The van der Waals surface area contributed by atoms with E-state index in [0.29, 0.717) is 5.75 Å². The first-order chi connectivity index (χ1) is 8.03. The van der Waals surface area contributed by atoms with Gasteiger partial charge in [0, 0.05) is 0 Å². The van der Waals surface area contributed by atoms with Gasteiger partial charge in [-0.1, -0.05) is 30.4 Å². The number of ether oxygens (including phenoxy) is 1. The van der Waals surface area contributed by atoms with E-state index >= 15 is 0 Å². The molecule has 92 valence electrons. The van der Waals surface area contributed by atoms with Crippen LogP contribution in [0, 0.1) is 0 Å². The Morgan fingerprint density at radius 1 is 1.35 bits per heavy atom. The molecular formula is C14H19NO2. The molecule has 0 aliphatic carbocycles. The van der Waals surface area contributed by atoms with Crippen LogP contribution in [0.1, 0.15) is 20.8 Å². The first kappa shape index (κ1) is 13.3. The highest BCUT2D eigenvalue weighted by Gasteiger charge is 2.16. The van der Waals surface area contributed by atoms with Crippen LogP contribution in [0.5, 0.6) is 5.75 Å². The molecule has 1 aromatic rings. The Hall–Kier alpha value is -1.77. The van der Waals surface area contributed by atoms with E-state index in [4.69, 9.17) is 4.74 Å². The molecule has 1 N–H and O–H groups in total. The SMILES string of the molecule is C/C=C/C(C)(C)NC(=O)COc1ccccc1. The van der Waals surface area contributed by atoms with Crippen molar-refractivity contribution >= 4 is 5.91 Å². The first-order valence-electron chi connectivity index (χ1n) is 5.66. The highest BCUT2D eigenvalue weighted by atomic mass is 16.5. The number of hydrogen-bond acceptors (Lipinski definition) is 2. The zero-order chi connectivity index (χ0) is 12.7. The van der Waals surface area contributed by atoms with E-state index < -0.39 is 0 Å². The average molecular weight is 233 g/mol. The molecule has 3 heteroatoms. The van der Waals surface area contributed by atoms with Crippen LogP contribution in [0.2, 0.25) is 0 Å². The Morgan fingerprint density at radius 3 is 2.59 bits per heavy atom. The minimum atomic E-state index is -0.341. The Balaban J connectivity index is 2.41. The molecule has 0 aliphatic rings. The zero-order valence-electron chi connectivity index (χ0n) is 10.6. The number of carbonyl (C=O) groups is 1. The van der Waals surface area contributed by atoms with Crippen LogP contribution in [-0.2, 0) is 4.79 Å². The second-order valence-electron chi connectivity index (χ2n) is 4.37. The van der Waals surface area contributed by atoms with Crippen LogP contribution >= 0.6 is 0 Å². The fourth-order valence-corrected chi connectivity index (χ4v) is 1.52. The standard InChI is InChI=1S/C14H19NO2/c1-4-10-14(2,3)15-13(16)11-17-12-8-6-5-7-9-12/h4-10H,11H2,1-3H3,(H,15,16)/b10-4+. The molecule has 3 nitrogen and oxygen atoms in total. The van der Waals surface area contributed by atoms with Crippen LogP contribution in [0.15, 0.2) is 42.5 Å². The third-order valence-corrected chi connectivity index (χ3v) is 2.16. The summed E-state index contributed by atoms with van der Waals surface area (Å²) >= 11 is 0. The largest absolute Gasteiger partial charge is 0.484 e. The normalized spacial score (nSPS) is 11.5. The number of para-hydroxylation sites is 1. The maximum Gasteiger partial charge on any atom is 0.258 e. The van der Waals surface area contributed by atoms with Crippen molar-refractivity contribution in [1.82, 2.24) is 5.32 Å². The summed E-state index contributed by atoms with van der Waals surface area (Å²) in [7, 11) is 0. The van der Waals surface area contributed by atoms with E-state index in [1.165, 1.54) is 0 Å². The minimum Gasteiger partial charge on any atom is -0.484 e. The summed E-state index contributed by atoms with van der Waals surface area (Å²) in [4.78, 5) is 11.6.